The van der Waals surface area contributed by atoms with E-state index in [9.17, 15) is 4.79 Å². The van der Waals surface area contributed by atoms with Crippen LogP contribution in [0.15, 0.2) is 60.8 Å². The van der Waals surface area contributed by atoms with Crippen molar-refractivity contribution in [1.82, 2.24) is 4.98 Å². The van der Waals surface area contributed by atoms with Crippen molar-refractivity contribution in [1.29, 1.82) is 0 Å². The summed E-state index contributed by atoms with van der Waals surface area (Å²) in [7, 11) is 1.54. The van der Waals surface area contributed by atoms with Crippen LogP contribution >= 0.6 is 11.6 Å². The zero-order valence-electron chi connectivity index (χ0n) is 14.4. The van der Waals surface area contributed by atoms with Crippen LogP contribution in [-0.4, -0.2) is 18.0 Å². The molecule has 0 aliphatic carbocycles. The highest BCUT2D eigenvalue weighted by molar-refractivity contribution is 6.32. The zero-order valence-corrected chi connectivity index (χ0v) is 15.2. The Hall–Kier alpha value is -3.05. The Morgan fingerprint density at radius 3 is 2.31 bits per heavy atom. The quantitative estimate of drug-likeness (QED) is 0.662. The van der Waals surface area contributed by atoms with Crippen LogP contribution in [0.3, 0.4) is 0 Å². The molecule has 6 heteroatoms. The van der Waals surface area contributed by atoms with Crippen LogP contribution in [0.1, 0.15) is 16.1 Å². The van der Waals surface area contributed by atoms with E-state index in [1.807, 2.05) is 37.3 Å². The SMILES string of the molecule is COc1ccc(NC(=O)c2ccc(Nc3ccc(C)cc3)cn2)cc1Cl. The number of ether oxygens (including phenoxy) is 1. The number of carbonyl (C=O) groups excluding carboxylic acids is 1. The van der Waals surface area contributed by atoms with E-state index in [1.165, 1.54) is 12.7 Å². The van der Waals surface area contributed by atoms with Crippen LogP contribution in [0.5, 0.6) is 5.75 Å². The van der Waals surface area contributed by atoms with E-state index < -0.39 is 0 Å². The maximum absolute atomic E-state index is 12.3. The Kier molecular flexibility index (Phi) is 5.39. The number of aromatic nitrogens is 1. The lowest BCUT2D eigenvalue weighted by Crippen LogP contribution is -2.13. The second-order valence-corrected chi connectivity index (χ2v) is 6.13. The first kappa shape index (κ1) is 17.8. The normalized spacial score (nSPS) is 10.3. The van der Waals surface area contributed by atoms with E-state index in [4.69, 9.17) is 16.3 Å². The number of rotatable bonds is 5. The first-order valence-corrected chi connectivity index (χ1v) is 8.37. The fourth-order valence-electron chi connectivity index (χ4n) is 2.34. The molecule has 0 aliphatic heterocycles. The molecule has 0 saturated heterocycles. The average Bonchev–Trinajstić information content (AvgIpc) is 2.64. The fourth-order valence-corrected chi connectivity index (χ4v) is 2.60. The van der Waals surface area contributed by atoms with Crippen molar-refractivity contribution in [3.05, 3.63) is 77.1 Å². The van der Waals surface area contributed by atoms with Crippen molar-refractivity contribution in [2.45, 2.75) is 6.92 Å². The molecule has 5 nitrogen and oxygen atoms in total. The first-order chi connectivity index (χ1) is 12.5. The van der Waals surface area contributed by atoms with Crippen molar-refractivity contribution in [2.75, 3.05) is 17.7 Å². The van der Waals surface area contributed by atoms with Crippen LogP contribution in [0.25, 0.3) is 0 Å². The van der Waals surface area contributed by atoms with Gasteiger partial charge in [-0.25, -0.2) is 4.98 Å². The minimum absolute atomic E-state index is 0.311. The second-order valence-electron chi connectivity index (χ2n) is 5.73. The lowest BCUT2D eigenvalue weighted by atomic mass is 10.2. The molecule has 0 unspecified atom stereocenters. The highest BCUT2D eigenvalue weighted by Crippen LogP contribution is 2.27. The van der Waals surface area contributed by atoms with Gasteiger partial charge in [-0.2, -0.15) is 0 Å². The van der Waals surface area contributed by atoms with Crippen molar-refractivity contribution in [3.8, 4) is 5.75 Å². The predicted molar refractivity (Wildman–Crippen MR) is 105 cm³/mol. The van der Waals surface area contributed by atoms with Crippen LogP contribution in [0.4, 0.5) is 17.1 Å². The summed E-state index contributed by atoms with van der Waals surface area (Å²) in [6.07, 6.45) is 1.62. The highest BCUT2D eigenvalue weighted by atomic mass is 35.5. The van der Waals surface area contributed by atoms with Gasteiger partial charge in [-0.3, -0.25) is 4.79 Å². The molecule has 2 N–H and O–H groups in total. The molecule has 3 aromatic rings. The monoisotopic (exact) mass is 367 g/mol. The minimum atomic E-state index is -0.312. The molecule has 0 spiro atoms. The molecule has 2 aromatic carbocycles. The Balaban J connectivity index is 1.66. The van der Waals surface area contributed by atoms with Gasteiger partial charge in [0.15, 0.2) is 0 Å². The van der Waals surface area contributed by atoms with E-state index in [2.05, 4.69) is 15.6 Å². The average molecular weight is 368 g/mol. The van der Waals surface area contributed by atoms with Crippen molar-refractivity contribution in [2.24, 2.45) is 0 Å². The fraction of sp³-hybridized carbons (Fsp3) is 0.100. The summed E-state index contributed by atoms with van der Waals surface area (Å²) in [5.74, 6) is 0.238. The Morgan fingerprint density at radius 1 is 1.00 bits per heavy atom. The van der Waals surface area contributed by atoms with Crippen LogP contribution in [0.2, 0.25) is 5.02 Å². The number of nitrogens with zero attached hydrogens (tertiary/aromatic N) is 1. The summed E-state index contributed by atoms with van der Waals surface area (Å²) < 4.78 is 5.09. The molecule has 26 heavy (non-hydrogen) atoms. The molecule has 1 amide bonds. The number of anilines is 3. The number of aryl methyl sites for hydroxylation is 1. The highest BCUT2D eigenvalue weighted by Gasteiger charge is 2.09. The second kappa shape index (κ2) is 7.89. The number of hydrogen-bond acceptors (Lipinski definition) is 4. The van der Waals surface area contributed by atoms with Crippen molar-refractivity contribution >= 4 is 34.6 Å². The minimum Gasteiger partial charge on any atom is -0.495 e. The van der Waals surface area contributed by atoms with Gasteiger partial charge in [0.1, 0.15) is 11.4 Å². The Morgan fingerprint density at radius 2 is 1.69 bits per heavy atom. The Bertz CT molecular complexity index is 909. The van der Waals surface area contributed by atoms with E-state index in [-0.39, 0.29) is 5.91 Å². The third kappa shape index (κ3) is 4.32. The summed E-state index contributed by atoms with van der Waals surface area (Å²) >= 11 is 6.07. The topological polar surface area (TPSA) is 63.2 Å². The molecule has 0 radical (unpaired) electrons. The molecular weight excluding hydrogens is 350 g/mol. The molecule has 0 fully saturated rings. The number of benzene rings is 2. The number of hydrogen-bond donors (Lipinski definition) is 2. The van der Waals surface area contributed by atoms with Gasteiger partial charge in [0.2, 0.25) is 0 Å². The van der Waals surface area contributed by atoms with Gasteiger partial charge < -0.3 is 15.4 Å². The van der Waals surface area contributed by atoms with Crippen LogP contribution in [0, 0.1) is 6.92 Å². The molecule has 1 heterocycles. The molecule has 1 aromatic heterocycles. The van der Waals surface area contributed by atoms with Gasteiger partial charge in [0.25, 0.3) is 5.91 Å². The molecule has 3 rings (SSSR count). The summed E-state index contributed by atoms with van der Waals surface area (Å²) in [5, 5.41) is 6.43. The van der Waals surface area contributed by atoms with Crippen LogP contribution in [-0.2, 0) is 0 Å². The maximum Gasteiger partial charge on any atom is 0.274 e. The van der Waals surface area contributed by atoms with Gasteiger partial charge in [-0.1, -0.05) is 29.3 Å². The standard InChI is InChI=1S/C20H18ClN3O2/c1-13-3-5-14(6-4-13)23-16-7-9-18(22-12-16)20(25)24-15-8-10-19(26-2)17(21)11-15/h3-12,23H,1-2H3,(H,24,25). The van der Waals surface area contributed by atoms with Crippen LogP contribution < -0.4 is 15.4 Å². The number of carbonyl (C=O) groups is 1. The molecular formula is C20H18ClN3O2. The number of methoxy groups -OCH3 is 1. The van der Waals surface area contributed by atoms with E-state index >= 15 is 0 Å². The predicted octanol–water partition coefficient (Wildman–Crippen LogP) is 5.05. The number of nitrogens with one attached hydrogen (secondary N) is 2. The third-order valence-electron chi connectivity index (χ3n) is 3.75. The summed E-state index contributed by atoms with van der Waals surface area (Å²) in [5.41, 5.74) is 3.84. The molecule has 0 bridgehead atoms. The maximum atomic E-state index is 12.3. The third-order valence-corrected chi connectivity index (χ3v) is 4.04. The van der Waals surface area contributed by atoms with Crippen molar-refractivity contribution in [3.63, 3.8) is 0 Å². The van der Waals surface area contributed by atoms with Crippen molar-refractivity contribution < 1.29 is 9.53 Å². The molecule has 0 atom stereocenters. The number of amides is 1. The lowest BCUT2D eigenvalue weighted by molar-refractivity contribution is 0.102. The Labute approximate surface area is 157 Å². The number of pyridine rings is 1. The summed E-state index contributed by atoms with van der Waals surface area (Å²) in [6, 6.07) is 16.5. The molecule has 0 saturated carbocycles. The molecule has 0 aliphatic rings. The largest absolute Gasteiger partial charge is 0.495 e. The first-order valence-electron chi connectivity index (χ1n) is 8.00. The van der Waals surface area contributed by atoms with E-state index in [0.29, 0.717) is 22.2 Å². The van der Waals surface area contributed by atoms with Gasteiger partial charge >= 0.3 is 0 Å². The van der Waals surface area contributed by atoms with E-state index in [0.717, 1.165) is 11.4 Å². The zero-order chi connectivity index (χ0) is 18.5. The van der Waals surface area contributed by atoms with Gasteiger partial charge in [-0.05, 0) is 49.4 Å². The molecule has 132 valence electrons. The summed E-state index contributed by atoms with van der Waals surface area (Å²) in [6.45, 7) is 2.04. The summed E-state index contributed by atoms with van der Waals surface area (Å²) in [4.78, 5) is 16.5. The van der Waals surface area contributed by atoms with Gasteiger partial charge in [0.05, 0.1) is 24.0 Å². The number of halogens is 1. The smallest absolute Gasteiger partial charge is 0.274 e. The van der Waals surface area contributed by atoms with Gasteiger partial charge in [0, 0.05) is 11.4 Å². The van der Waals surface area contributed by atoms with Gasteiger partial charge in [-0.15, -0.1) is 0 Å². The lowest BCUT2D eigenvalue weighted by Gasteiger charge is -2.09. The van der Waals surface area contributed by atoms with E-state index in [1.54, 1.807) is 30.5 Å².